The number of carbonyl (C=O) groups is 1. The Morgan fingerprint density at radius 1 is 1.60 bits per heavy atom. The molecule has 5 heteroatoms. The minimum Gasteiger partial charge on any atom is -0.497 e. The molecule has 0 aliphatic heterocycles. The number of benzene rings is 1. The van der Waals surface area contributed by atoms with Gasteiger partial charge in [0.1, 0.15) is 17.6 Å². The summed E-state index contributed by atoms with van der Waals surface area (Å²) < 4.78 is 17.8. The average molecular weight is 213 g/mol. The van der Waals surface area contributed by atoms with Crippen molar-refractivity contribution in [3.05, 3.63) is 29.6 Å². The molecule has 0 aromatic heterocycles. The smallest absolute Gasteiger partial charge is 0.320 e. The van der Waals surface area contributed by atoms with Crippen LogP contribution in [0.25, 0.3) is 0 Å². The Morgan fingerprint density at radius 3 is 2.80 bits per heavy atom. The molecule has 0 amide bonds. The Kier molecular flexibility index (Phi) is 3.62. The topological polar surface area (TPSA) is 72.5 Å². The Morgan fingerprint density at radius 2 is 2.27 bits per heavy atom. The van der Waals surface area contributed by atoms with Crippen LogP contribution < -0.4 is 10.5 Å². The van der Waals surface area contributed by atoms with Crippen molar-refractivity contribution < 1.29 is 19.0 Å². The highest BCUT2D eigenvalue weighted by atomic mass is 19.1. The van der Waals surface area contributed by atoms with Gasteiger partial charge in [-0.2, -0.15) is 0 Å². The maximum absolute atomic E-state index is 13.0. The van der Waals surface area contributed by atoms with Crippen molar-refractivity contribution in [3.63, 3.8) is 0 Å². The molecule has 0 bridgehead atoms. The van der Waals surface area contributed by atoms with Gasteiger partial charge in [0.2, 0.25) is 0 Å². The van der Waals surface area contributed by atoms with E-state index in [1.54, 1.807) is 6.07 Å². The third kappa shape index (κ3) is 3.21. The number of carboxylic acid groups (broad SMARTS) is 1. The normalized spacial score (nSPS) is 12.2. The lowest BCUT2D eigenvalue weighted by Gasteiger charge is -2.08. The monoisotopic (exact) mass is 213 g/mol. The van der Waals surface area contributed by atoms with Crippen LogP contribution in [0, 0.1) is 5.82 Å². The van der Waals surface area contributed by atoms with Crippen LogP contribution in [0.1, 0.15) is 5.56 Å². The fraction of sp³-hybridized carbons (Fsp3) is 0.300. The van der Waals surface area contributed by atoms with Gasteiger partial charge in [0.05, 0.1) is 7.11 Å². The Hall–Kier alpha value is -1.62. The number of nitrogens with two attached hydrogens (primary N) is 1. The van der Waals surface area contributed by atoms with Gasteiger partial charge in [0.15, 0.2) is 0 Å². The van der Waals surface area contributed by atoms with E-state index < -0.39 is 17.8 Å². The van der Waals surface area contributed by atoms with E-state index in [-0.39, 0.29) is 6.42 Å². The summed E-state index contributed by atoms with van der Waals surface area (Å²) in [5.74, 6) is -1.23. The van der Waals surface area contributed by atoms with E-state index in [9.17, 15) is 9.18 Å². The number of rotatable bonds is 4. The first-order valence-corrected chi connectivity index (χ1v) is 4.34. The summed E-state index contributed by atoms with van der Waals surface area (Å²) in [6.07, 6.45) is 0.0729. The van der Waals surface area contributed by atoms with Crippen molar-refractivity contribution in [2.75, 3.05) is 7.11 Å². The summed E-state index contributed by atoms with van der Waals surface area (Å²) in [5, 5.41) is 8.59. The molecule has 0 fully saturated rings. The molecule has 0 heterocycles. The van der Waals surface area contributed by atoms with Gasteiger partial charge >= 0.3 is 5.97 Å². The molecule has 0 aliphatic carbocycles. The van der Waals surface area contributed by atoms with E-state index in [0.29, 0.717) is 11.3 Å². The predicted octanol–water partition coefficient (Wildman–Crippen LogP) is 0.789. The Bertz CT molecular complexity index is 368. The van der Waals surface area contributed by atoms with Crippen LogP contribution in [-0.2, 0) is 11.2 Å². The molecule has 15 heavy (non-hydrogen) atoms. The average Bonchev–Trinajstić information content (AvgIpc) is 2.16. The summed E-state index contributed by atoms with van der Waals surface area (Å²) in [6, 6.07) is 2.99. The number of halogens is 1. The molecule has 0 saturated heterocycles. The zero-order valence-electron chi connectivity index (χ0n) is 8.24. The van der Waals surface area contributed by atoms with Crippen LogP contribution in [0.3, 0.4) is 0 Å². The molecule has 82 valence electrons. The lowest BCUT2D eigenvalue weighted by atomic mass is 10.1. The van der Waals surface area contributed by atoms with E-state index in [4.69, 9.17) is 15.6 Å². The highest BCUT2D eigenvalue weighted by Gasteiger charge is 2.13. The predicted molar refractivity (Wildman–Crippen MR) is 52.3 cm³/mol. The quantitative estimate of drug-likeness (QED) is 0.775. The summed E-state index contributed by atoms with van der Waals surface area (Å²) in [7, 11) is 1.41. The molecule has 0 unspecified atom stereocenters. The molecule has 0 radical (unpaired) electrons. The molecule has 1 aromatic carbocycles. The summed E-state index contributed by atoms with van der Waals surface area (Å²) in [5.41, 5.74) is 5.83. The van der Waals surface area contributed by atoms with E-state index >= 15 is 0 Å². The van der Waals surface area contributed by atoms with Gasteiger partial charge in [-0.3, -0.25) is 4.79 Å². The SMILES string of the molecule is COc1cc(F)cc(C[C@@H](N)C(=O)O)c1. The van der Waals surface area contributed by atoms with Crippen molar-refractivity contribution >= 4 is 5.97 Å². The molecule has 1 aromatic rings. The van der Waals surface area contributed by atoms with E-state index in [2.05, 4.69) is 0 Å². The first-order chi connectivity index (χ1) is 7.02. The van der Waals surface area contributed by atoms with Crippen LogP contribution in [0.5, 0.6) is 5.75 Å². The number of aliphatic carboxylic acids is 1. The largest absolute Gasteiger partial charge is 0.497 e. The number of carboxylic acids is 1. The van der Waals surface area contributed by atoms with Crippen molar-refractivity contribution in [3.8, 4) is 5.75 Å². The number of methoxy groups -OCH3 is 1. The van der Waals surface area contributed by atoms with Gasteiger partial charge in [-0.25, -0.2) is 4.39 Å². The van der Waals surface area contributed by atoms with Crippen molar-refractivity contribution in [2.24, 2.45) is 5.73 Å². The minimum atomic E-state index is -1.11. The third-order valence-corrected chi connectivity index (χ3v) is 1.94. The van der Waals surface area contributed by atoms with Crippen LogP contribution >= 0.6 is 0 Å². The summed E-state index contributed by atoms with van der Waals surface area (Å²) >= 11 is 0. The van der Waals surface area contributed by atoms with Gasteiger partial charge in [-0.15, -0.1) is 0 Å². The molecule has 1 atom stereocenters. The first kappa shape index (κ1) is 11.5. The van der Waals surface area contributed by atoms with Crippen LogP contribution in [0.15, 0.2) is 18.2 Å². The summed E-state index contributed by atoms with van der Waals surface area (Å²) in [4.78, 5) is 10.5. The molecular formula is C10H12FNO3. The number of ether oxygens (including phenoxy) is 1. The molecular weight excluding hydrogens is 201 g/mol. The summed E-state index contributed by atoms with van der Waals surface area (Å²) in [6.45, 7) is 0. The molecule has 0 saturated carbocycles. The maximum Gasteiger partial charge on any atom is 0.320 e. The first-order valence-electron chi connectivity index (χ1n) is 4.34. The van der Waals surface area contributed by atoms with Gasteiger partial charge in [0.25, 0.3) is 0 Å². The lowest BCUT2D eigenvalue weighted by Crippen LogP contribution is -2.32. The highest BCUT2D eigenvalue weighted by molar-refractivity contribution is 5.73. The number of hydrogen-bond donors (Lipinski definition) is 2. The maximum atomic E-state index is 13.0. The van der Waals surface area contributed by atoms with Crippen LogP contribution in [0.2, 0.25) is 0 Å². The second-order valence-electron chi connectivity index (χ2n) is 3.15. The molecule has 0 aliphatic rings. The van der Waals surface area contributed by atoms with E-state index in [0.717, 1.165) is 0 Å². The van der Waals surface area contributed by atoms with Gasteiger partial charge in [-0.05, 0) is 24.1 Å². The fourth-order valence-electron chi connectivity index (χ4n) is 1.20. The highest BCUT2D eigenvalue weighted by Crippen LogP contribution is 2.16. The second kappa shape index (κ2) is 4.75. The third-order valence-electron chi connectivity index (χ3n) is 1.94. The van der Waals surface area contributed by atoms with Crippen LogP contribution in [-0.4, -0.2) is 24.2 Å². The van der Waals surface area contributed by atoms with Crippen LogP contribution in [0.4, 0.5) is 4.39 Å². The fourth-order valence-corrected chi connectivity index (χ4v) is 1.20. The molecule has 0 spiro atoms. The van der Waals surface area contributed by atoms with Crippen molar-refractivity contribution in [1.82, 2.24) is 0 Å². The number of hydrogen-bond acceptors (Lipinski definition) is 3. The molecule has 1 rings (SSSR count). The van der Waals surface area contributed by atoms with E-state index in [1.807, 2.05) is 0 Å². The molecule has 4 nitrogen and oxygen atoms in total. The zero-order valence-corrected chi connectivity index (χ0v) is 8.24. The zero-order chi connectivity index (χ0) is 11.4. The standard InChI is InChI=1S/C10H12FNO3/c1-15-8-3-6(2-7(11)5-8)4-9(12)10(13)14/h2-3,5,9H,4,12H2,1H3,(H,13,14)/t9-/m1/s1. The molecule has 3 N–H and O–H groups in total. The van der Waals surface area contributed by atoms with E-state index in [1.165, 1.54) is 19.2 Å². The van der Waals surface area contributed by atoms with Gasteiger partial charge < -0.3 is 15.6 Å². The minimum absolute atomic E-state index is 0.0729. The Labute approximate surface area is 86.5 Å². The van der Waals surface area contributed by atoms with Gasteiger partial charge in [-0.1, -0.05) is 0 Å². The lowest BCUT2D eigenvalue weighted by molar-refractivity contribution is -0.138. The van der Waals surface area contributed by atoms with Gasteiger partial charge in [0, 0.05) is 6.07 Å². The Balaban J connectivity index is 2.85. The second-order valence-corrected chi connectivity index (χ2v) is 3.15. The van der Waals surface area contributed by atoms with Crippen molar-refractivity contribution in [2.45, 2.75) is 12.5 Å². The van der Waals surface area contributed by atoms with Crippen molar-refractivity contribution in [1.29, 1.82) is 0 Å².